The molecule has 35 heavy (non-hydrogen) atoms. The summed E-state index contributed by atoms with van der Waals surface area (Å²) in [5.41, 5.74) is 11.8. The van der Waals surface area contributed by atoms with Gasteiger partial charge in [-0.1, -0.05) is 32.9 Å². The van der Waals surface area contributed by atoms with Gasteiger partial charge in [0.05, 0.1) is 11.1 Å². The molecule has 0 aliphatic heterocycles. The highest BCUT2D eigenvalue weighted by Crippen LogP contribution is 2.28. The van der Waals surface area contributed by atoms with Crippen molar-refractivity contribution in [2.75, 3.05) is 5.43 Å². The number of rotatable bonds is 6. The van der Waals surface area contributed by atoms with Gasteiger partial charge in [0, 0.05) is 12.1 Å². The standard InChI is InChI=1S/C23H28N6O5S/c1-23(2,3)15-5-8-17(9-6-15)35(32,33)29-11-10-18-20(29)25-13-19(26-18)27-28-21(30)14-4-7-16(12-14)34-22(24)31/h5-6,8-11,13-14,16H,4,7,12H2,1-3H3,(H2,24,31)(H,26,27)(H,28,30). The summed E-state index contributed by atoms with van der Waals surface area (Å²) in [6, 6.07) is 8.33. The van der Waals surface area contributed by atoms with E-state index in [1.807, 2.05) is 12.1 Å². The highest BCUT2D eigenvalue weighted by molar-refractivity contribution is 7.90. The predicted octanol–water partition coefficient (Wildman–Crippen LogP) is 2.67. The van der Waals surface area contributed by atoms with Gasteiger partial charge >= 0.3 is 6.09 Å². The van der Waals surface area contributed by atoms with Crippen molar-refractivity contribution in [1.29, 1.82) is 0 Å². The van der Waals surface area contributed by atoms with Gasteiger partial charge in [0.25, 0.3) is 10.0 Å². The number of amides is 2. The van der Waals surface area contributed by atoms with E-state index < -0.39 is 16.1 Å². The normalized spacial score (nSPS) is 18.4. The Morgan fingerprint density at radius 3 is 2.51 bits per heavy atom. The van der Waals surface area contributed by atoms with Gasteiger partial charge in [0.15, 0.2) is 11.5 Å². The highest BCUT2D eigenvalue weighted by atomic mass is 32.2. The molecule has 0 radical (unpaired) electrons. The number of nitrogens with two attached hydrogens (primary N) is 1. The van der Waals surface area contributed by atoms with E-state index >= 15 is 0 Å². The summed E-state index contributed by atoms with van der Waals surface area (Å²) in [6.45, 7) is 6.17. The van der Waals surface area contributed by atoms with Crippen LogP contribution in [0, 0.1) is 5.92 Å². The van der Waals surface area contributed by atoms with Gasteiger partial charge in [-0.25, -0.2) is 27.2 Å². The van der Waals surface area contributed by atoms with Crippen LogP contribution in [-0.2, 0) is 25.0 Å². The largest absolute Gasteiger partial charge is 0.446 e. The Hall–Kier alpha value is -3.67. The summed E-state index contributed by atoms with van der Waals surface area (Å²) in [5.74, 6) is -0.362. The monoisotopic (exact) mass is 500 g/mol. The van der Waals surface area contributed by atoms with Crippen molar-refractivity contribution >= 4 is 39.0 Å². The van der Waals surface area contributed by atoms with Gasteiger partial charge in [-0.2, -0.15) is 0 Å². The van der Waals surface area contributed by atoms with Crippen molar-refractivity contribution in [2.45, 2.75) is 56.4 Å². The van der Waals surface area contributed by atoms with Crippen LogP contribution in [0.2, 0.25) is 0 Å². The molecule has 11 nitrogen and oxygen atoms in total. The Morgan fingerprint density at radius 2 is 1.86 bits per heavy atom. The Labute approximate surface area is 203 Å². The third kappa shape index (κ3) is 5.21. The minimum atomic E-state index is -3.87. The van der Waals surface area contributed by atoms with E-state index in [4.69, 9.17) is 10.5 Å². The van der Waals surface area contributed by atoms with Gasteiger partial charge in [0.2, 0.25) is 5.91 Å². The van der Waals surface area contributed by atoms with Crippen LogP contribution < -0.4 is 16.6 Å². The Kier molecular flexibility index (Phi) is 6.41. The number of ether oxygens (including phenoxy) is 1. The number of nitrogens with zero attached hydrogens (tertiary/aromatic N) is 3. The second-order valence-electron chi connectivity index (χ2n) is 9.54. The molecule has 4 rings (SSSR count). The maximum Gasteiger partial charge on any atom is 0.404 e. The van der Waals surface area contributed by atoms with Crippen LogP contribution in [0.3, 0.4) is 0 Å². The zero-order valence-corrected chi connectivity index (χ0v) is 20.5. The van der Waals surface area contributed by atoms with Gasteiger partial charge in [0.1, 0.15) is 11.6 Å². The average Bonchev–Trinajstić information content (AvgIpc) is 3.43. The number of carbonyl (C=O) groups is 2. The molecular formula is C23H28N6O5S. The first-order chi connectivity index (χ1) is 16.4. The number of carbonyl (C=O) groups excluding carboxylic acids is 2. The lowest BCUT2D eigenvalue weighted by atomic mass is 9.87. The molecule has 0 bridgehead atoms. The second kappa shape index (κ2) is 9.17. The van der Waals surface area contributed by atoms with Gasteiger partial charge in [-0.05, 0) is 48.4 Å². The van der Waals surface area contributed by atoms with Crippen LogP contribution >= 0.6 is 0 Å². The minimum absolute atomic E-state index is 0.0938. The molecule has 2 heterocycles. The van der Waals surface area contributed by atoms with Gasteiger partial charge in [-0.3, -0.25) is 15.6 Å². The van der Waals surface area contributed by atoms with Crippen LogP contribution in [-0.4, -0.2) is 40.5 Å². The number of hydrazine groups is 1. The number of nitrogens with one attached hydrogen (secondary N) is 2. The number of primary amides is 1. The lowest BCUT2D eigenvalue weighted by Crippen LogP contribution is -2.35. The molecular weight excluding hydrogens is 472 g/mol. The molecule has 0 saturated heterocycles. The molecule has 2 amide bonds. The van der Waals surface area contributed by atoms with Crippen molar-refractivity contribution in [3.05, 3.63) is 48.3 Å². The average molecular weight is 501 g/mol. The van der Waals surface area contributed by atoms with Crippen molar-refractivity contribution in [3.63, 3.8) is 0 Å². The SMILES string of the molecule is CC(C)(C)c1ccc(S(=O)(=O)n2ccc3nc(NNC(=O)C4CCC(OC(N)=O)C4)cnc32)cc1. The van der Waals surface area contributed by atoms with E-state index in [2.05, 4.69) is 41.6 Å². The molecule has 2 atom stereocenters. The van der Waals surface area contributed by atoms with Crippen molar-refractivity contribution in [2.24, 2.45) is 11.7 Å². The molecule has 2 unspecified atom stereocenters. The third-order valence-electron chi connectivity index (χ3n) is 5.98. The molecule has 1 aromatic carbocycles. The van der Waals surface area contributed by atoms with E-state index in [0.29, 0.717) is 24.8 Å². The molecule has 0 spiro atoms. The lowest BCUT2D eigenvalue weighted by Gasteiger charge is -2.19. The minimum Gasteiger partial charge on any atom is -0.446 e. The first-order valence-corrected chi connectivity index (χ1v) is 12.6. The van der Waals surface area contributed by atoms with Crippen molar-refractivity contribution < 1.29 is 22.7 Å². The second-order valence-corrected chi connectivity index (χ2v) is 11.4. The fourth-order valence-corrected chi connectivity index (χ4v) is 5.36. The molecule has 4 N–H and O–H groups in total. The summed E-state index contributed by atoms with van der Waals surface area (Å²) >= 11 is 0. The van der Waals surface area contributed by atoms with Crippen molar-refractivity contribution in [3.8, 4) is 0 Å². The summed E-state index contributed by atoms with van der Waals surface area (Å²) in [7, 11) is -3.87. The Balaban J connectivity index is 1.45. The van der Waals surface area contributed by atoms with Crippen LogP contribution in [0.5, 0.6) is 0 Å². The zero-order valence-electron chi connectivity index (χ0n) is 19.7. The van der Waals surface area contributed by atoms with E-state index in [-0.39, 0.29) is 39.7 Å². The molecule has 1 aliphatic rings. The molecule has 1 saturated carbocycles. The first kappa shape index (κ1) is 24.5. The number of hydrogen-bond donors (Lipinski definition) is 3. The molecule has 1 aliphatic carbocycles. The maximum atomic E-state index is 13.2. The topological polar surface area (TPSA) is 158 Å². The fraction of sp³-hybridized carbons (Fsp3) is 0.391. The van der Waals surface area contributed by atoms with Crippen molar-refractivity contribution in [1.82, 2.24) is 19.4 Å². The van der Waals surface area contributed by atoms with E-state index in [1.165, 1.54) is 12.4 Å². The van der Waals surface area contributed by atoms with E-state index in [1.54, 1.807) is 18.2 Å². The van der Waals surface area contributed by atoms with Crippen LogP contribution in [0.15, 0.2) is 47.6 Å². The first-order valence-electron chi connectivity index (χ1n) is 11.2. The van der Waals surface area contributed by atoms with Crippen LogP contribution in [0.25, 0.3) is 11.2 Å². The quantitative estimate of drug-likeness (QED) is 0.436. The number of anilines is 1. The Morgan fingerprint density at radius 1 is 1.14 bits per heavy atom. The smallest absolute Gasteiger partial charge is 0.404 e. The Bertz CT molecular complexity index is 1360. The summed E-state index contributed by atoms with van der Waals surface area (Å²) in [6.07, 6.45) is 3.03. The third-order valence-corrected chi connectivity index (χ3v) is 7.67. The zero-order chi connectivity index (χ0) is 25.4. The molecule has 186 valence electrons. The van der Waals surface area contributed by atoms with Crippen LogP contribution in [0.4, 0.5) is 10.6 Å². The van der Waals surface area contributed by atoms with E-state index in [0.717, 1.165) is 9.54 Å². The van der Waals surface area contributed by atoms with E-state index in [9.17, 15) is 18.0 Å². The van der Waals surface area contributed by atoms with Crippen LogP contribution in [0.1, 0.15) is 45.6 Å². The maximum absolute atomic E-state index is 13.2. The number of aromatic nitrogens is 3. The molecule has 2 aromatic heterocycles. The summed E-state index contributed by atoms with van der Waals surface area (Å²) in [5, 5.41) is 0. The predicted molar refractivity (Wildman–Crippen MR) is 129 cm³/mol. The molecule has 1 fully saturated rings. The van der Waals surface area contributed by atoms with Gasteiger partial charge < -0.3 is 10.5 Å². The fourth-order valence-electron chi connectivity index (χ4n) is 4.06. The molecule has 12 heteroatoms. The number of hydrogen-bond acceptors (Lipinski definition) is 8. The summed E-state index contributed by atoms with van der Waals surface area (Å²) < 4.78 is 32.4. The summed E-state index contributed by atoms with van der Waals surface area (Å²) in [4.78, 5) is 32.0. The molecule has 3 aromatic rings. The number of benzene rings is 1. The number of fused-ring (bicyclic) bond motifs is 1. The lowest BCUT2D eigenvalue weighted by molar-refractivity contribution is -0.124. The highest BCUT2D eigenvalue weighted by Gasteiger charge is 2.32. The van der Waals surface area contributed by atoms with Gasteiger partial charge in [-0.15, -0.1) is 0 Å².